The van der Waals surface area contributed by atoms with Gasteiger partial charge in [-0.05, 0) is 108 Å². The van der Waals surface area contributed by atoms with E-state index in [0.717, 1.165) is 12.1 Å². The average molecular weight is 1190 g/mol. The van der Waals surface area contributed by atoms with Crippen molar-refractivity contribution in [1.29, 1.82) is 0 Å². The molecule has 0 aromatic heterocycles. The number of aliphatic imine (C=N–C) groups is 1. The number of phenols is 1. The third-order valence-electron chi connectivity index (χ3n) is 10.7. The Morgan fingerprint density at radius 1 is 0.603 bits per heavy atom. The Hall–Kier alpha value is -6.41. The number of fused-ring (bicyclic) bond motifs is 2. The molecule has 368 valence electrons. The largest absolute Gasteiger partial charge is 2.00 e. The van der Waals surface area contributed by atoms with Crippen molar-refractivity contribution in [2.75, 3.05) is 19.5 Å². The quantitative estimate of drug-likeness (QED) is 0.0292. The summed E-state index contributed by atoms with van der Waals surface area (Å²) < 4.78 is 76.1. The molecule has 0 aliphatic heterocycles. The number of aromatic hydroxyl groups is 1. The summed E-state index contributed by atoms with van der Waals surface area (Å²) in [6, 6.07) is 34.8. The molecular weight excluding hydrogens is 1150 g/mol. The summed E-state index contributed by atoms with van der Waals surface area (Å²) in [5.41, 5.74) is 0.474. The summed E-state index contributed by atoms with van der Waals surface area (Å²) in [5.74, 6) is -1.77. The van der Waals surface area contributed by atoms with Crippen LogP contribution in [0.1, 0.15) is 27.0 Å². The molecule has 0 aliphatic rings. The predicted molar refractivity (Wildman–Crippen MR) is 275 cm³/mol. The molecule has 0 fully saturated rings. The number of hydrogen-bond acceptors (Lipinski definition) is 15. The SMILES string of the molecule is COc1ccccc1N=C([O-])c1cc2ccccc2c(N=Nc2cc(S(=O)(=O)O)c(C)cc2Cl)c1[O-].COc1ccccc1NC(=O)c1cc2ccccc2c(N=Nc2cc(S(=O)(=O)O)c(C)cc2Cl)c1O.[Ba+2]. The molecule has 8 aromatic carbocycles. The van der Waals surface area contributed by atoms with Crippen LogP contribution in [0.25, 0.3) is 21.5 Å². The minimum Gasteiger partial charge on any atom is -0.871 e. The summed E-state index contributed by atoms with van der Waals surface area (Å²) in [6.07, 6.45) is 0. The fourth-order valence-corrected chi connectivity index (χ4v) is 9.15. The van der Waals surface area contributed by atoms with Gasteiger partial charge in [-0.25, -0.2) is 0 Å². The van der Waals surface area contributed by atoms with Crippen molar-refractivity contribution in [2.45, 2.75) is 23.6 Å². The first-order valence-corrected chi connectivity index (χ1v) is 24.5. The number of halogens is 2. The first-order valence-electron chi connectivity index (χ1n) is 20.9. The number of methoxy groups -OCH3 is 2. The zero-order valence-corrected chi connectivity index (χ0v) is 46.3. The van der Waals surface area contributed by atoms with Crippen LogP contribution in [-0.2, 0) is 20.2 Å². The van der Waals surface area contributed by atoms with Gasteiger partial charge in [0.05, 0.1) is 51.0 Å². The zero-order valence-electron chi connectivity index (χ0n) is 38.7. The summed E-state index contributed by atoms with van der Waals surface area (Å²) in [7, 11) is -6.15. The smallest absolute Gasteiger partial charge is 0.871 e. The molecule has 0 spiro atoms. The summed E-state index contributed by atoms with van der Waals surface area (Å²) in [5, 5.41) is 58.4. The van der Waals surface area contributed by atoms with Crippen LogP contribution in [0.3, 0.4) is 0 Å². The van der Waals surface area contributed by atoms with Crippen molar-refractivity contribution >= 4 is 160 Å². The maximum absolute atomic E-state index is 13.3. The number of aryl methyl sites for hydroxylation is 2. The van der Waals surface area contributed by atoms with E-state index in [-0.39, 0.29) is 115 Å². The van der Waals surface area contributed by atoms with Crippen LogP contribution < -0.4 is 25.0 Å². The number of benzene rings is 8. The number of rotatable bonds is 12. The Labute approximate surface area is 468 Å². The molecule has 8 aromatic rings. The fourth-order valence-electron chi connectivity index (χ4n) is 7.19. The number of para-hydroxylation sites is 4. The second kappa shape index (κ2) is 23.6. The predicted octanol–water partition coefficient (Wildman–Crippen LogP) is 11.0. The number of nitrogens with one attached hydrogen (secondary N) is 1. The Kier molecular flexibility index (Phi) is 18.1. The number of azo groups is 2. The van der Waals surface area contributed by atoms with Gasteiger partial charge in [0.15, 0.2) is 5.75 Å². The Bertz CT molecular complexity index is 3790. The third kappa shape index (κ3) is 12.9. The molecule has 0 unspecified atom stereocenters. The Morgan fingerprint density at radius 2 is 1.05 bits per heavy atom. The minimum absolute atomic E-state index is 0. The first-order chi connectivity index (χ1) is 34.2. The van der Waals surface area contributed by atoms with Crippen molar-refractivity contribution in [2.24, 2.45) is 25.4 Å². The van der Waals surface area contributed by atoms with E-state index in [1.807, 2.05) is 0 Å². The number of carbonyl (C=O) groups excluding carboxylic acids is 1. The molecule has 8 rings (SSSR count). The molecule has 0 bridgehead atoms. The van der Waals surface area contributed by atoms with E-state index in [4.69, 9.17) is 32.7 Å². The topological polar surface area (TPSA) is 284 Å². The van der Waals surface area contributed by atoms with Crippen molar-refractivity contribution in [3.05, 3.63) is 166 Å². The van der Waals surface area contributed by atoms with Crippen LogP contribution >= 0.6 is 23.2 Å². The number of nitrogens with zero attached hydrogens (tertiary/aromatic N) is 5. The molecular formula is C50H38BaCl2N6O12S2. The number of amides is 1. The zero-order chi connectivity index (χ0) is 52.1. The summed E-state index contributed by atoms with van der Waals surface area (Å²) in [6.45, 7) is 2.93. The van der Waals surface area contributed by atoms with Crippen LogP contribution in [0, 0.1) is 13.8 Å². The molecule has 1 amide bonds. The molecule has 0 saturated heterocycles. The maximum Gasteiger partial charge on any atom is 2.00 e. The van der Waals surface area contributed by atoms with Gasteiger partial charge in [0.25, 0.3) is 26.1 Å². The molecule has 4 N–H and O–H groups in total. The van der Waals surface area contributed by atoms with Gasteiger partial charge in [0.2, 0.25) is 0 Å². The van der Waals surface area contributed by atoms with Crippen LogP contribution in [-0.4, -0.2) is 106 Å². The van der Waals surface area contributed by atoms with E-state index in [1.165, 1.54) is 52.3 Å². The molecule has 73 heavy (non-hydrogen) atoms. The van der Waals surface area contributed by atoms with Crippen LogP contribution in [0.5, 0.6) is 23.0 Å². The molecule has 0 radical (unpaired) electrons. The number of phenolic OH excluding ortho intramolecular Hbond substituents is 1. The molecule has 23 heteroatoms. The molecule has 0 saturated carbocycles. The molecule has 18 nitrogen and oxygen atoms in total. The van der Waals surface area contributed by atoms with Crippen molar-refractivity contribution in [3.8, 4) is 23.0 Å². The van der Waals surface area contributed by atoms with Gasteiger partial charge in [-0.2, -0.15) is 21.9 Å². The van der Waals surface area contributed by atoms with E-state index in [0.29, 0.717) is 38.7 Å². The Morgan fingerprint density at radius 3 is 1.59 bits per heavy atom. The molecule has 0 heterocycles. The first kappa shape index (κ1) is 55.9. The van der Waals surface area contributed by atoms with E-state index < -0.39 is 48.4 Å². The summed E-state index contributed by atoms with van der Waals surface area (Å²) >= 11 is 12.4. The van der Waals surface area contributed by atoms with Crippen LogP contribution in [0.2, 0.25) is 10.0 Å². The van der Waals surface area contributed by atoms with Gasteiger partial charge in [-0.1, -0.05) is 102 Å². The van der Waals surface area contributed by atoms with E-state index in [9.17, 15) is 46.1 Å². The van der Waals surface area contributed by atoms with Gasteiger partial charge in [-0.3, -0.25) is 18.9 Å². The van der Waals surface area contributed by atoms with E-state index in [2.05, 4.69) is 30.8 Å². The second-order valence-corrected chi connectivity index (χ2v) is 19.0. The van der Waals surface area contributed by atoms with E-state index >= 15 is 0 Å². The van der Waals surface area contributed by atoms with Crippen molar-refractivity contribution in [3.63, 3.8) is 0 Å². The van der Waals surface area contributed by atoms with Crippen molar-refractivity contribution < 1.29 is 55.5 Å². The molecule has 0 atom stereocenters. The fraction of sp³-hybridized carbons (Fsp3) is 0.0800. The Balaban J connectivity index is 0.000000235. The third-order valence-corrected chi connectivity index (χ3v) is 13.3. The monoisotopic (exact) mass is 1190 g/mol. The van der Waals surface area contributed by atoms with Gasteiger partial charge in [0.1, 0.15) is 34.2 Å². The second-order valence-electron chi connectivity index (χ2n) is 15.4. The number of anilines is 1. The summed E-state index contributed by atoms with van der Waals surface area (Å²) in [4.78, 5) is 16.4. The normalized spacial score (nSPS) is 11.9. The van der Waals surface area contributed by atoms with Crippen molar-refractivity contribution in [1.82, 2.24) is 0 Å². The maximum atomic E-state index is 13.3. The standard InChI is InChI=1S/2C25H20ClN3O6S.Ba/c2*1-14-11-18(26)20(13-22(14)36(32,33)34)28-29-23-16-8-4-3-7-15(16)12-17(24(23)30)25(31)27-19-9-5-6-10-21(19)35-2;/h2*3-13,30H,1-2H3,(H,27,31)(H,32,33,34);/q;;+2/p-2. The average Bonchev–Trinajstić information content (AvgIpc) is 3.33. The molecule has 0 aliphatic carbocycles. The van der Waals surface area contributed by atoms with Gasteiger partial charge in [0, 0.05) is 10.8 Å². The number of carbonyl (C=O) groups is 1. The number of hydrogen-bond donors (Lipinski definition) is 4. The van der Waals surface area contributed by atoms with Gasteiger partial charge < -0.3 is 30.1 Å². The minimum atomic E-state index is -4.54. The number of ether oxygens (including phenoxy) is 2. The van der Waals surface area contributed by atoms with Crippen LogP contribution in [0.4, 0.5) is 34.1 Å². The van der Waals surface area contributed by atoms with Crippen LogP contribution in [0.15, 0.2) is 169 Å². The van der Waals surface area contributed by atoms with Gasteiger partial charge in [-0.15, -0.1) is 15.3 Å². The van der Waals surface area contributed by atoms with E-state index in [1.54, 1.807) is 97.1 Å². The van der Waals surface area contributed by atoms with Gasteiger partial charge >= 0.3 is 48.9 Å².